The van der Waals surface area contributed by atoms with Crippen LogP contribution in [0.3, 0.4) is 0 Å². The summed E-state index contributed by atoms with van der Waals surface area (Å²) in [6, 6.07) is 19.1. The van der Waals surface area contributed by atoms with Gasteiger partial charge in [0.2, 0.25) is 0 Å². The zero-order valence-corrected chi connectivity index (χ0v) is 14.4. The van der Waals surface area contributed by atoms with E-state index in [1.54, 1.807) is 6.08 Å². The number of likely N-dealkylation sites (N-methyl/N-ethyl adjacent to an activating group) is 1. The van der Waals surface area contributed by atoms with Crippen molar-refractivity contribution in [3.63, 3.8) is 0 Å². The Morgan fingerprint density at radius 1 is 0.880 bits per heavy atom. The molecule has 1 fully saturated rings. The minimum atomic E-state index is 1.01. The van der Waals surface area contributed by atoms with Crippen molar-refractivity contribution in [3.8, 4) is 6.07 Å². The maximum Gasteiger partial charge on any atom is 0.0918 e. The van der Waals surface area contributed by atoms with Crippen molar-refractivity contribution >= 4 is 17.3 Å². The maximum absolute atomic E-state index is 9.35. The molecule has 25 heavy (non-hydrogen) atoms. The van der Waals surface area contributed by atoms with Gasteiger partial charge in [-0.05, 0) is 29.8 Å². The second-order valence-corrected chi connectivity index (χ2v) is 6.64. The molecule has 0 N–H and O–H groups in total. The van der Waals surface area contributed by atoms with Crippen molar-refractivity contribution < 1.29 is 0 Å². The lowest BCUT2D eigenvalue weighted by Gasteiger charge is -2.36. The molecule has 0 unspecified atom stereocenters. The summed E-state index contributed by atoms with van der Waals surface area (Å²) in [5, 5.41) is 9.35. The Hall–Kier alpha value is -2.83. The van der Waals surface area contributed by atoms with Crippen molar-refractivity contribution in [2.45, 2.75) is 0 Å². The largest absolute Gasteiger partial charge is 0.368 e. The molecule has 1 aliphatic carbocycles. The molecule has 0 bridgehead atoms. The molecule has 2 aromatic carbocycles. The molecule has 1 saturated heterocycles. The van der Waals surface area contributed by atoms with Gasteiger partial charge in [-0.3, -0.25) is 0 Å². The van der Waals surface area contributed by atoms with E-state index in [0.717, 1.165) is 42.9 Å². The molecule has 0 radical (unpaired) electrons. The highest BCUT2D eigenvalue weighted by molar-refractivity contribution is 5.98. The van der Waals surface area contributed by atoms with Gasteiger partial charge < -0.3 is 9.80 Å². The summed E-state index contributed by atoms with van der Waals surface area (Å²) in [7, 11) is 2.18. The lowest BCUT2D eigenvalue weighted by molar-refractivity contribution is 0.208. The Morgan fingerprint density at radius 3 is 2.24 bits per heavy atom. The first-order valence-corrected chi connectivity index (χ1v) is 8.72. The molecule has 124 valence electrons. The van der Waals surface area contributed by atoms with E-state index in [4.69, 9.17) is 0 Å². The van der Waals surface area contributed by atoms with Gasteiger partial charge >= 0.3 is 0 Å². The Morgan fingerprint density at radius 2 is 1.52 bits per heavy atom. The minimum absolute atomic E-state index is 1.01. The first-order valence-electron chi connectivity index (χ1n) is 8.72. The van der Waals surface area contributed by atoms with Crippen molar-refractivity contribution in [3.05, 3.63) is 76.9 Å². The summed E-state index contributed by atoms with van der Waals surface area (Å²) in [6.07, 6.45) is 3.97. The van der Waals surface area contributed by atoms with Crippen LogP contribution in [0.1, 0.15) is 22.3 Å². The fourth-order valence-corrected chi connectivity index (χ4v) is 3.71. The highest BCUT2D eigenvalue weighted by Gasteiger charge is 2.24. The molecule has 0 spiro atoms. The average Bonchev–Trinajstić information content (AvgIpc) is 2.79. The molecule has 0 atom stereocenters. The fourth-order valence-electron chi connectivity index (χ4n) is 3.71. The summed E-state index contributed by atoms with van der Waals surface area (Å²) >= 11 is 0. The number of benzene rings is 2. The van der Waals surface area contributed by atoms with Crippen molar-refractivity contribution in [1.29, 1.82) is 5.26 Å². The summed E-state index contributed by atoms with van der Waals surface area (Å²) in [5.41, 5.74) is 6.92. The van der Waals surface area contributed by atoms with Gasteiger partial charge in [0.05, 0.1) is 6.07 Å². The predicted octanol–water partition coefficient (Wildman–Crippen LogP) is 3.70. The van der Waals surface area contributed by atoms with Gasteiger partial charge in [-0.2, -0.15) is 5.26 Å². The summed E-state index contributed by atoms with van der Waals surface area (Å²) < 4.78 is 0. The summed E-state index contributed by atoms with van der Waals surface area (Å²) in [5.74, 6) is 0. The second-order valence-electron chi connectivity index (χ2n) is 6.64. The van der Waals surface area contributed by atoms with E-state index in [2.05, 4.69) is 71.5 Å². The van der Waals surface area contributed by atoms with Crippen LogP contribution >= 0.6 is 0 Å². The van der Waals surface area contributed by atoms with Gasteiger partial charge in [0.25, 0.3) is 0 Å². The van der Waals surface area contributed by atoms with Crippen molar-refractivity contribution in [2.24, 2.45) is 0 Å². The molecule has 2 aromatic rings. The molecule has 3 heteroatoms. The van der Waals surface area contributed by atoms with Crippen molar-refractivity contribution in [2.75, 3.05) is 33.2 Å². The van der Waals surface area contributed by atoms with Crippen LogP contribution in [0.15, 0.2) is 54.6 Å². The van der Waals surface area contributed by atoms with Crippen LogP contribution in [0.2, 0.25) is 0 Å². The number of piperazine rings is 1. The van der Waals surface area contributed by atoms with Crippen LogP contribution < -0.4 is 0 Å². The maximum atomic E-state index is 9.35. The first-order chi connectivity index (χ1) is 12.3. The number of hydrogen-bond donors (Lipinski definition) is 0. The molecule has 3 nitrogen and oxygen atoms in total. The van der Waals surface area contributed by atoms with E-state index < -0.39 is 0 Å². The third kappa shape index (κ3) is 2.86. The smallest absolute Gasteiger partial charge is 0.0918 e. The highest BCUT2D eigenvalue weighted by atomic mass is 15.2. The minimum Gasteiger partial charge on any atom is -0.368 e. The van der Waals surface area contributed by atoms with Gasteiger partial charge in [0.15, 0.2) is 0 Å². The SMILES string of the molecule is CN1CCN(C2=Cc3ccccc3/C(=C/C#N)c3ccccc32)CC1. The average molecular weight is 327 g/mol. The van der Waals surface area contributed by atoms with Crippen LogP contribution in [0.25, 0.3) is 17.3 Å². The van der Waals surface area contributed by atoms with Gasteiger partial charge in [-0.1, -0.05) is 48.5 Å². The molecule has 0 aromatic heterocycles. The molecule has 4 rings (SSSR count). The van der Waals surface area contributed by atoms with E-state index in [1.807, 2.05) is 6.07 Å². The van der Waals surface area contributed by atoms with Crippen LogP contribution in [0, 0.1) is 11.3 Å². The standard InChI is InChI=1S/C22H21N3/c1-24-12-14-25(15-13-24)22-16-17-6-2-3-7-18(17)20(10-11-23)19-8-4-5-9-21(19)22/h2-10,16H,12-15H2,1H3/b20-10-. The molecular formula is C22H21N3. The van der Waals surface area contributed by atoms with Crippen LogP contribution in [-0.2, 0) is 0 Å². The monoisotopic (exact) mass is 327 g/mol. The Bertz CT molecular complexity index is 893. The summed E-state index contributed by atoms with van der Waals surface area (Å²) in [6.45, 7) is 4.19. The molecule has 1 heterocycles. The lowest BCUT2D eigenvalue weighted by Crippen LogP contribution is -2.43. The quantitative estimate of drug-likeness (QED) is 0.748. The second kappa shape index (κ2) is 6.58. The Kier molecular flexibility index (Phi) is 4.13. The zero-order valence-electron chi connectivity index (χ0n) is 14.4. The topological polar surface area (TPSA) is 30.3 Å². The Labute approximate surface area is 149 Å². The number of nitrogens with zero attached hydrogens (tertiary/aromatic N) is 3. The Balaban J connectivity index is 1.92. The molecule has 0 saturated carbocycles. The third-order valence-electron chi connectivity index (χ3n) is 5.09. The number of rotatable bonds is 1. The molecule has 1 aliphatic heterocycles. The number of hydrogen-bond acceptors (Lipinski definition) is 3. The van der Waals surface area contributed by atoms with E-state index in [0.29, 0.717) is 0 Å². The van der Waals surface area contributed by atoms with Crippen LogP contribution in [0.4, 0.5) is 0 Å². The first kappa shape index (κ1) is 15.7. The molecular weight excluding hydrogens is 306 g/mol. The molecule has 2 aliphatic rings. The zero-order chi connectivity index (χ0) is 17.2. The number of nitriles is 1. The summed E-state index contributed by atoms with van der Waals surface area (Å²) in [4.78, 5) is 4.85. The van der Waals surface area contributed by atoms with E-state index in [-0.39, 0.29) is 0 Å². The highest BCUT2D eigenvalue weighted by Crippen LogP contribution is 2.38. The normalized spacial score (nSPS) is 18.8. The lowest BCUT2D eigenvalue weighted by atomic mass is 9.93. The van der Waals surface area contributed by atoms with E-state index in [9.17, 15) is 5.26 Å². The van der Waals surface area contributed by atoms with E-state index >= 15 is 0 Å². The van der Waals surface area contributed by atoms with Crippen LogP contribution in [-0.4, -0.2) is 43.0 Å². The predicted molar refractivity (Wildman–Crippen MR) is 103 cm³/mol. The third-order valence-corrected chi connectivity index (χ3v) is 5.09. The number of allylic oxidation sites excluding steroid dienone is 1. The van der Waals surface area contributed by atoms with Gasteiger partial charge in [-0.25, -0.2) is 0 Å². The fraction of sp³-hybridized carbons (Fsp3) is 0.227. The van der Waals surface area contributed by atoms with Crippen molar-refractivity contribution in [1.82, 2.24) is 9.80 Å². The molecule has 0 amide bonds. The van der Waals surface area contributed by atoms with Gasteiger partial charge in [0.1, 0.15) is 0 Å². The van der Waals surface area contributed by atoms with E-state index in [1.165, 1.54) is 16.8 Å². The van der Waals surface area contributed by atoms with Gasteiger partial charge in [-0.15, -0.1) is 0 Å². The van der Waals surface area contributed by atoms with Crippen LogP contribution in [0.5, 0.6) is 0 Å². The van der Waals surface area contributed by atoms with Gasteiger partial charge in [0, 0.05) is 49.1 Å². The number of fused-ring (bicyclic) bond motifs is 2.